The zero-order valence-corrected chi connectivity index (χ0v) is 16.5. The minimum atomic E-state index is -0.638. The number of carbonyl (C=O) groups excluding carboxylic acids is 4. The average molecular weight is 402 g/mol. The van der Waals surface area contributed by atoms with E-state index in [9.17, 15) is 19.2 Å². The van der Waals surface area contributed by atoms with Crippen molar-refractivity contribution in [2.24, 2.45) is 11.8 Å². The van der Waals surface area contributed by atoms with Crippen molar-refractivity contribution in [1.29, 1.82) is 0 Å². The molecule has 1 rings (SSSR count). The summed E-state index contributed by atoms with van der Waals surface area (Å²) in [6.07, 6.45) is 2.34. The lowest BCUT2D eigenvalue weighted by molar-refractivity contribution is -0.147. The Balaban J connectivity index is 2.10. The van der Waals surface area contributed by atoms with Crippen molar-refractivity contribution in [2.45, 2.75) is 39.5 Å². The lowest BCUT2D eigenvalue weighted by atomic mass is 9.82. The van der Waals surface area contributed by atoms with E-state index in [1.165, 1.54) is 0 Å². The van der Waals surface area contributed by atoms with Crippen molar-refractivity contribution in [1.82, 2.24) is 10.6 Å². The summed E-state index contributed by atoms with van der Waals surface area (Å²) in [5.41, 5.74) is 0. The summed E-state index contributed by atoms with van der Waals surface area (Å²) in [4.78, 5) is 45.3. The van der Waals surface area contributed by atoms with Gasteiger partial charge in [-0.3, -0.25) is 0 Å². The number of alkyl carbamates (subject to hydrolysis) is 2. The van der Waals surface area contributed by atoms with Crippen LogP contribution in [0.5, 0.6) is 0 Å². The fourth-order valence-corrected chi connectivity index (χ4v) is 2.85. The standard InChI is InChI=1S/C18H30N2O8/c1-3-25-15(21)11-27-17(23)19-9-13-5-7-14(8-6-13)10-20-18(24)28-12-16(22)26-4-2/h13-14H,3-12H2,1-2H3,(H,19,23)(H,20,24)/t13-,14-. The molecule has 1 fully saturated rings. The molecule has 0 radical (unpaired) electrons. The first-order valence-electron chi connectivity index (χ1n) is 9.57. The average Bonchev–Trinajstić information content (AvgIpc) is 2.69. The molecule has 2 amide bonds. The maximum Gasteiger partial charge on any atom is 0.407 e. The van der Waals surface area contributed by atoms with Gasteiger partial charge < -0.3 is 29.6 Å². The van der Waals surface area contributed by atoms with Crippen LogP contribution in [-0.4, -0.2) is 63.6 Å². The van der Waals surface area contributed by atoms with Gasteiger partial charge in [0.25, 0.3) is 0 Å². The van der Waals surface area contributed by atoms with Gasteiger partial charge in [0.15, 0.2) is 13.2 Å². The number of esters is 2. The van der Waals surface area contributed by atoms with Crippen LogP contribution in [0.1, 0.15) is 39.5 Å². The van der Waals surface area contributed by atoms with Gasteiger partial charge in [0.2, 0.25) is 0 Å². The van der Waals surface area contributed by atoms with Gasteiger partial charge in [-0.15, -0.1) is 0 Å². The highest BCUT2D eigenvalue weighted by molar-refractivity contribution is 5.76. The minimum Gasteiger partial charge on any atom is -0.463 e. The van der Waals surface area contributed by atoms with Crippen molar-refractivity contribution < 1.29 is 38.1 Å². The van der Waals surface area contributed by atoms with Gasteiger partial charge in [-0.25, -0.2) is 19.2 Å². The van der Waals surface area contributed by atoms with Crippen LogP contribution in [0.2, 0.25) is 0 Å². The number of amides is 2. The van der Waals surface area contributed by atoms with Gasteiger partial charge in [0.1, 0.15) is 0 Å². The summed E-state index contributed by atoms with van der Waals surface area (Å²) >= 11 is 0. The normalized spacial score (nSPS) is 18.5. The maximum absolute atomic E-state index is 11.6. The largest absolute Gasteiger partial charge is 0.463 e. The summed E-state index contributed by atoms with van der Waals surface area (Å²) in [5.74, 6) is -0.512. The predicted molar refractivity (Wildman–Crippen MR) is 97.4 cm³/mol. The molecule has 0 spiro atoms. The Hall–Kier alpha value is -2.52. The molecule has 28 heavy (non-hydrogen) atoms. The molecule has 0 heterocycles. The van der Waals surface area contributed by atoms with Gasteiger partial charge in [-0.1, -0.05) is 0 Å². The van der Waals surface area contributed by atoms with Crippen LogP contribution in [-0.2, 0) is 28.5 Å². The number of hydrogen-bond donors (Lipinski definition) is 2. The smallest absolute Gasteiger partial charge is 0.407 e. The molecule has 0 unspecified atom stereocenters. The van der Waals surface area contributed by atoms with Gasteiger partial charge in [-0.05, 0) is 51.4 Å². The number of rotatable bonds is 10. The molecule has 10 heteroatoms. The Morgan fingerprint density at radius 2 is 1.04 bits per heavy atom. The second-order valence-corrected chi connectivity index (χ2v) is 6.41. The molecule has 160 valence electrons. The van der Waals surface area contributed by atoms with Crippen LogP contribution in [0.4, 0.5) is 9.59 Å². The molecule has 0 bridgehead atoms. The first-order chi connectivity index (χ1) is 13.4. The summed E-state index contributed by atoms with van der Waals surface area (Å²) in [6, 6.07) is 0. The van der Waals surface area contributed by atoms with Crippen molar-refractivity contribution >= 4 is 24.1 Å². The van der Waals surface area contributed by atoms with E-state index in [0.29, 0.717) is 24.9 Å². The first kappa shape index (κ1) is 23.5. The van der Waals surface area contributed by atoms with Gasteiger partial charge in [0.05, 0.1) is 13.2 Å². The highest BCUT2D eigenvalue weighted by Crippen LogP contribution is 2.27. The van der Waals surface area contributed by atoms with Crippen molar-refractivity contribution in [3.05, 3.63) is 0 Å². The Morgan fingerprint density at radius 3 is 1.36 bits per heavy atom. The third-order valence-corrected chi connectivity index (χ3v) is 4.29. The summed E-state index contributed by atoms with van der Waals surface area (Å²) in [5, 5.41) is 5.30. The number of nitrogens with one attached hydrogen (secondary N) is 2. The van der Waals surface area contributed by atoms with E-state index < -0.39 is 37.3 Å². The summed E-state index contributed by atoms with van der Waals surface area (Å²) in [6.45, 7) is 3.99. The molecule has 2 N–H and O–H groups in total. The summed E-state index contributed by atoms with van der Waals surface area (Å²) in [7, 11) is 0. The molecular formula is C18H30N2O8. The number of ether oxygens (including phenoxy) is 4. The minimum absolute atomic E-state index is 0.241. The monoisotopic (exact) mass is 402 g/mol. The van der Waals surface area contributed by atoms with Crippen LogP contribution in [0.15, 0.2) is 0 Å². The first-order valence-corrected chi connectivity index (χ1v) is 9.57. The zero-order chi connectivity index (χ0) is 20.8. The summed E-state index contributed by atoms with van der Waals surface area (Å²) < 4.78 is 18.9. The lowest BCUT2D eigenvalue weighted by Gasteiger charge is -2.28. The zero-order valence-electron chi connectivity index (χ0n) is 16.5. The molecule has 0 saturated heterocycles. The third kappa shape index (κ3) is 10.6. The van der Waals surface area contributed by atoms with Gasteiger partial charge in [-0.2, -0.15) is 0 Å². The van der Waals surface area contributed by atoms with Gasteiger partial charge >= 0.3 is 24.1 Å². The Kier molecular flexibility index (Phi) is 11.4. The van der Waals surface area contributed by atoms with E-state index in [2.05, 4.69) is 20.1 Å². The topological polar surface area (TPSA) is 129 Å². The van der Waals surface area contributed by atoms with Crippen molar-refractivity contribution in [2.75, 3.05) is 39.5 Å². The van der Waals surface area contributed by atoms with Gasteiger partial charge in [0, 0.05) is 13.1 Å². The van der Waals surface area contributed by atoms with Crippen LogP contribution < -0.4 is 10.6 Å². The van der Waals surface area contributed by atoms with E-state index >= 15 is 0 Å². The van der Waals surface area contributed by atoms with Crippen molar-refractivity contribution in [3.63, 3.8) is 0 Å². The maximum atomic E-state index is 11.6. The quantitative estimate of drug-likeness (QED) is 0.414. The molecule has 0 aromatic carbocycles. The number of carbonyl (C=O) groups is 4. The van der Waals surface area contributed by atoms with E-state index in [1.807, 2.05) is 0 Å². The second-order valence-electron chi connectivity index (χ2n) is 6.41. The molecular weight excluding hydrogens is 372 g/mol. The Morgan fingerprint density at radius 1 is 0.679 bits per heavy atom. The molecule has 0 atom stereocenters. The van der Waals surface area contributed by atoms with Crippen LogP contribution >= 0.6 is 0 Å². The van der Waals surface area contributed by atoms with Crippen LogP contribution in [0.3, 0.4) is 0 Å². The third-order valence-electron chi connectivity index (χ3n) is 4.29. The van der Waals surface area contributed by atoms with E-state index in [1.54, 1.807) is 13.8 Å². The molecule has 1 aliphatic carbocycles. The fourth-order valence-electron chi connectivity index (χ4n) is 2.85. The predicted octanol–water partition coefficient (Wildman–Crippen LogP) is 1.37. The second kappa shape index (κ2) is 13.6. The van der Waals surface area contributed by atoms with Crippen LogP contribution in [0.25, 0.3) is 0 Å². The highest BCUT2D eigenvalue weighted by Gasteiger charge is 2.22. The Bertz CT molecular complexity index is 472. The van der Waals surface area contributed by atoms with E-state index in [0.717, 1.165) is 25.7 Å². The lowest BCUT2D eigenvalue weighted by Crippen LogP contribution is -2.35. The Labute approximate surface area is 164 Å². The molecule has 1 aliphatic rings. The molecule has 10 nitrogen and oxygen atoms in total. The number of hydrogen-bond acceptors (Lipinski definition) is 8. The molecule has 0 aromatic heterocycles. The molecule has 1 saturated carbocycles. The van der Waals surface area contributed by atoms with Crippen LogP contribution in [0, 0.1) is 11.8 Å². The van der Waals surface area contributed by atoms with Crippen molar-refractivity contribution in [3.8, 4) is 0 Å². The van der Waals surface area contributed by atoms with E-state index in [-0.39, 0.29) is 13.2 Å². The fraction of sp³-hybridized carbons (Fsp3) is 0.778. The molecule has 0 aromatic rings. The molecule has 0 aliphatic heterocycles. The highest BCUT2D eigenvalue weighted by atomic mass is 16.6. The SMILES string of the molecule is CCOC(=O)COC(=O)NC[C@H]1CC[C@H](CNC(=O)OCC(=O)OCC)CC1. The van der Waals surface area contributed by atoms with E-state index in [4.69, 9.17) is 9.47 Å².